The fraction of sp³-hybridized carbons (Fsp3) is 0.118. The molecule has 4 aromatic rings. The number of nitrogens with zero attached hydrogens (tertiary/aromatic N) is 3. The van der Waals surface area contributed by atoms with E-state index >= 15 is 0 Å². The van der Waals surface area contributed by atoms with Crippen molar-refractivity contribution in [2.75, 3.05) is 0 Å². The molecule has 0 fully saturated rings. The first-order chi connectivity index (χ1) is 11.7. The average molecular weight is 339 g/mol. The van der Waals surface area contributed by atoms with E-state index in [4.69, 9.17) is 8.94 Å². The van der Waals surface area contributed by atoms with Crippen LogP contribution in [0.25, 0.3) is 34.6 Å². The molecule has 0 saturated heterocycles. The zero-order valence-electron chi connectivity index (χ0n) is 12.8. The Hall–Kier alpha value is -2.93. The van der Waals surface area contributed by atoms with E-state index < -0.39 is 0 Å². The van der Waals surface area contributed by atoms with E-state index in [9.17, 15) is 4.79 Å². The largest absolute Gasteiger partial charge is 0.419 e. The van der Waals surface area contributed by atoms with Crippen LogP contribution in [0, 0.1) is 0 Å². The maximum Gasteiger partial charge on any atom is 0.419 e. The Bertz CT molecular complexity index is 1070. The van der Waals surface area contributed by atoms with Crippen molar-refractivity contribution in [3.63, 3.8) is 0 Å². The van der Waals surface area contributed by atoms with Gasteiger partial charge in [-0.15, -0.1) is 11.3 Å². The van der Waals surface area contributed by atoms with Crippen LogP contribution in [0.5, 0.6) is 0 Å². The number of hydrogen-bond acceptors (Lipinski definition) is 6. The van der Waals surface area contributed by atoms with Gasteiger partial charge in [0, 0.05) is 23.1 Å². The molecule has 3 heterocycles. The van der Waals surface area contributed by atoms with Crippen molar-refractivity contribution < 1.29 is 8.94 Å². The third-order valence-corrected chi connectivity index (χ3v) is 4.46. The fourth-order valence-electron chi connectivity index (χ4n) is 2.46. The Balaban J connectivity index is 1.67. The second kappa shape index (κ2) is 5.93. The first kappa shape index (κ1) is 14.6. The standard InChI is InChI=1S/C17H13N3O3S/c1-2-20-13-7-5-11(10-14(13)22-17(20)21)16-18-15(23-19-16)8-6-12-4-3-9-24-12/h3-10H,2H2,1H3/b8-6+. The second-order valence-corrected chi connectivity index (χ2v) is 6.08. The van der Waals surface area contributed by atoms with Gasteiger partial charge in [-0.1, -0.05) is 11.2 Å². The summed E-state index contributed by atoms with van der Waals surface area (Å²) in [5.74, 6) is 0.512. The Morgan fingerprint density at radius 2 is 2.21 bits per heavy atom. The minimum atomic E-state index is -0.364. The highest BCUT2D eigenvalue weighted by Gasteiger charge is 2.12. The molecule has 0 aliphatic heterocycles. The molecule has 7 heteroatoms. The molecular formula is C17H13N3O3S. The topological polar surface area (TPSA) is 74.1 Å². The van der Waals surface area contributed by atoms with E-state index in [1.165, 1.54) is 0 Å². The molecular weight excluding hydrogens is 326 g/mol. The summed E-state index contributed by atoms with van der Waals surface area (Å²) in [6.45, 7) is 2.46. The lowest BCUT2D eigenvalue weighted by atomic mass is 10.2. The number of fused-ring (bicyclic) bond motifs is 1. The number of aryl methyl sites for hydroxylation is 1. The van der Waals surface area contributed by atoms with E-state index in [1.807, 2.05) is 42.6 Å². The van der Waals surface area contributed by atoms with Crippen LogP contribution in [0.1, 0.15) is 17.7 Å². The van der Waals surface area contributed by atoms with Gasteiger partial charge in [0.25, 0.3) is 5.89 Å². The smallest absolute Gasteiger partial charge is 0.408 e. The van der Waals surface area contributed by atoms with Crippen LogP contribution in [0.2, 0.25) is 0 Å². The van der Waals surface area contributed by atoms with Crippen LogP contribution in [-0.2, 0) is 6.54 Å². The van der Waals surface area contributed by atoms with Crippen LogP contribution in [-0.4, -0.2) is 14.7 Å². The van der Waals surface area contributed by atoms with Gasteiger partial charge in [-0.25, -0.2) is 4.79 Å². The molecule has 1 aromatic carbocycles. The third kappa shape index (κ3) is 2.59. The summed E-state index contributed by atoms with van der Waals surface area (Å²) < 4.78 is 12.1. The molecule has 0 atom stereocenters. The number of oxazole rings is 1. The Morgan fingerprint density at radius 3 is 3.00 bits per heavy atom. The summed E-state index contributed by atoms with van der Waals surface area (Å²) >= 11 is 1.63. The lowest BCUT2D eigenvalue weighted by molar-refractivity contribution is 0.411. The van der Waals surface area contributed by atoms with Crippen LogP contribution < -0.4 is 5.76 Å². The average Bonchev–Trinajstić information content (AvgIpc) is 3.31. The highest BCUT2D eigenvalue weighted by atomic mass is 32.1. The molecule has 0 saturated carbocycles. The van der Waals surface area contributed by atoms with Crippen LogP contribution in [0.15, 0.2) is 49.4 Å². The zero-order valence-corrected chi connectivity index (χ0v) is 13.6. The Kier molecular flexibility index (Phi) is 3.62. The number of rotatable bonds is 4. The molecule has 0 N–H and O–H groups in total. The molecule has 24 heavy (non-hydrogen) atoms. The van der Waals surface area contributed by atoms with Crippen molar-refractivity contribution in [3.8, 4) is 11.4 Å². The SMILES string of the molecule is CCn1c(=O)oc2cc(-c3noc(/C=C/c4cccs4)n3)ccc21. The maximum absolute atomic E-state index is 11.8. The van der Waals surface area contributed by atoms with Gasteiger partial charge >= 0.3 is 5.76 Å². The molecule has 0 unspecified atom stereocenters. The van der Waals surface area contributed by atoms with Gasteiger partial charge in [0.05, 0.1) is 5.52 Å². The summed E-state index contributed by atoms with van der Waals surface area (Å²) in [7, 11) is 0. The van der Waals surface area contributed by atoms with Gasteiger partial charge in [0.15, 0.2) is 5.58 Å². The molecule has 0 radical (unpaired) electrons. The molecule has 0 aliphatic rings. The molecule has 0 aliphatic carbocycles. The highest BCUT2D eigenvalue weighted by Crippen LogP contribution is 2.22. The van der Waals surface area contributed by atoms with Gasteiger partial charge in [-0.05, 0) is 42.6 Å². The zero-order chi connectivity index (χ0) is 16.5. The van der Waals surface area contributed by atoms with E-state index in [0.717, 1.165) is 16.0 Å². The quantitative estimate of drug-likeness (QED) is 0.564. The summed E-state index contributed by atoms with van der Waals surface area (Å²) in [6, 6.07) is 9.42. The molecule has 0 bridgehead atoms. The molecule has 3 aromatic heterocycles. The molecule has 6 nitrogen and oxygen atoms in total. The van der Waals surface area contributed by atoms with Crippen LogP contribution >= 0.6 is 11.3 Å². The highest BCUT2D eigenvalue weighted by molar-refractivity contribution is 7.10. The number of thiophene rings is 1. The number of aromatic nitrogens is 3. The normalized spacial score (nSPS) is 11.7. The molecule has 4 rings (SSSR count). The first-order valence-electron chi connectivity index (χ1n) is 7.43. The fourth-order valence-corrected chi connectivity index (χ4v) is 3.08. The number of hydrogen-bond donors (Lipinski definition) is 0. The monoisotopic (exact) mass is 339 g/mol. The van der Waals surface area contributed by atoms with Gasteiger partial charge in [0.2, 0.25) is 5.82 Å². The van der Waals surface area contributed by atoms with Crippen LogP contribution in [0.4, 0.5) is 0 Å². The summed E-state index contributed by atoms with van der Waals surface area (Å²) in [4.78, 5) is 17.2. The lowest BCUT2D eigenvalue weighted by Crippen LogP contribution is -2.11. The van der Waals surface area contributed by atoms with Crippen molar-refractivity contribution in [1.29, 1.82) is 0 Å². The number of benzene rings is 1. The predicted molar refractivity (Wildman–Crippen MR) is 92.7 cm³/mol. The van der Waals surface area contributed by atoms with E-state index in [1.54, 1.807) is 28.0 Å². The lowest BCUT2D eigenvalue weighted by Gasteiger charge is -1.97. The van der Waals surface area contributed by atoms with Crippen molar-refractivity contribution in [2.24, 2.45) is 0 Å². The van der Waals surface area contributed by atoms with Gasteiger partial charge in [-0.2, -0.15) is 4.98 Å². The summed E-state index contributed by atoms with van der Waals surface area (Å²) in [6.07, 6.45) is 3.69. The Labute approximate surface area is 140 Å². The summed E-state index contributed by atoms with van der Waals surface area (Å²) in [5.41, 5.74) is 2.01. The first-order valence-corrected chi connectivity index (χ1v) is 8.31. The maximum atomic E-state index is 11.8. The minimum absolute atomic E-state index is 0.364. The third-order valence-electron chi connectivity index (χ3n) is 3.62. The van der Waals surface area contributed by atoms with Crippen molar-refractivity contribution in [2.45, 2.75) is 13.5 Å². The molecule has 120 valence electrons. The predicted octanol–water partition coefficient (Wildman–Crippen LogP) is 3.90. The van der Waals surface area contributed by atoms with Gasteiger partial charge < -0.3 is 8.94 Å². The van der Waals surface area contributed by atoms with Crippen molar-refractivity contribution >= 4 is 34.6 Å². The van der Waals surface area contributed by atoms with Crippen molar-refractivity contribution in [1.82, 2.24) is 14.7 Å². The minimum Gasteiger partial charge on any atom is -0.408 e. The molecule has 0 spiro atoms. The van der Waals surface area contributed by atoms with E-state index in [2.05, 4.69) is 10.1 Å². The van der Waals surface area contributed by atoms with Crippen LogP contribution in [0.3, 0.4) is 0 Å². The second-order valence-electron chi connectivity index (χ2n) is 5.10. The summed E-state index contributed by atoms with van der Waals surface area (Å²) in [5, 5.41) is 5.99. The van der Waals surface area contributed by atoms with Crippen molar-refractivity contribution in [3.05, 3.63) is 57.0 Å². The van der Waals surface area contributed by atoms with E-state index in [-0.39, 0.29) is 5.76 Å². The van der Waals surface area contributed by atoms with Gasteiger partial charge in [-0.3, -0.25) is 4.57 Å². The van der Waals surface area contributed by atoms with Gasteiger partial charge in [0.1, 0.15) is 0 Å². The Morgan fingerprint density at radius 1 is 1.29 bits per heavy atom. The molecule has 0 amide bonds. The van der Waals surface area contributed by atoms with E-state index in [0.29, 0.717) is 23.8 Å².